The Kier molecular flexibility index (Phi) is 4.95. The van der Waals surface area contributed by atoms with Gasteiger partial charge >= 0.3 is 6.61 Å². The second-order valence-electron chi connectivity index (χ2n) is 9.86. The zero-order valence-corrected chi connectivity index (χ0v) is 20.9. The molecule has 7 rings (SSSR count). The Morgan fingerprint density at radius 2 is 1.97 bits per heavy atom. The van der Waals surface area contributed by atoms with Crippen LogP contribution < -0.4 is 10.1 Å². The molecule has 5 heterocycles. The third-order valence-electron chi connectivity index (χ3n) is 7.57. The first-order valence-corrected chi connectivity index (χ1v) is 13.9. The number of hydrogen-bond acceptors (Lipinski definition) is 6. The highest BCUT2D eigenvalue weighted by molar-refractivity contribution is 7.88. The minimum absolute atomic E-state index is 0.0194. The number of imidazole rings is 1. The highest BCUT2D eigenvalue weighted by atomic mass is 32.2. The number of fused-ring (bicyclic) bond motifs is 9. The van der Waals surface area contributed by atoms with E-state index in [-0.39, 0.29) is 23.7 Å². The Hall–Kier alpha value is -3.84. The number of amides is 1. The molecule has 1 saturated heterocycles. The number of carbonyl (C=O) groups excluding carboxylic acids is 1. The number of nitrogens with zero attached hydrogens (tertiary/aromatic N) is 5. The Labute approximate surface area is 215 Å². The molecule has 196 valence electrons. The van der Waals surface area contributed by atoms with Crippen LogP contribution in [-0.4, -0.2) is 63.9 Å². The number of hydrogen-bond donors (Lipinski definition) is 1. The molecule has 2 atom stereocenters. The van der Waals surface area contributed by atoms with E-state index in [1.807, 2.05) is 29.0 Å². The van der Waals surface area contributed by atoms with Gasteiger partial charge in [-0.2, -0.15) is 18.2 Å². The van der Waals surface area contributed by atoms with E-state index in [0.717, 1.165) is 22.2 Å². The van der Waals surface area contributed by atoms with Crippen LogP contribution in [0.4, 0.5) is 8.78 Å². The Balaban J connectivity index is 1.28. The molecule has 0 saturated carbocycles. The minimum Gasteiger partial charge on any atom is -0.434 e. The lowest BCUT2D eigenvalue weighted by Crippen LogP contribution is -2.50. The Bertz CT molecular complexity index is 1730. The third-order valence-corrected chi connectivity index (χ3v) is 8.81. The highest BCUT2D eigenvalue weighted by Gasteiger charge is 2.42. The average Bonchev–Trinajstić information content (AvgIpc) is 3.49. The number of ether oxygens (including phenoxy) is 1. The van der Waals surface area contributed by atoms with Crippen LogP contribution in [-0.2, 0) is 10.0 Å². The molecule has 1 N–H and O–H groups in total. The molecule has 3 aliphatic rings. The number of aromatic nitrogens is 4. The molecule has 0 spiro atoms. The summed E-state index contributed by atoms with van der Waals surface area (Å²) in [4.78, 5) is 17.7. The molecular weight excluding hydrogens is 518 g/mol. The quantitative estimate of drug-likeness (QED) is 0.417. The number of alkyl halides is 2. The van der Waals surface area contributed by atoms with Crippen molar-refractivity contribution in [2.75, 3.05) is 19.3 Å². The van der Waals surface area contributed by atoms with Crippen LogP contribution in [0.5, 0.6) is 5.75 Å². The summed E-state index contributed by atoms with van der Waals surface area (Å²) in [5, 5.41) is 7.44. The first kappa shape index (κ1) is 23.3. The van der Waals surface area contributed by atoms with E-state index in [9.17, 15) is 22.0 Å². The van der Waals surface area contributed by atoms with Crippen LogP contribution in [0.15, 0.2) is 48.8 Å². The van der Waals surface area contributed by atoms with E-state index in [1.165, 1.54) is 22.7 Å². The van der Waals surface area contributed by atoms with Crippen LogP contribution in [0, 0.1) is 0 Å². The SMILES string of the molecule is CS(=O)(=O)N1CC(n2cc(-c3ccc4nc5n(c4c3)C3C[C@H]5NC(=O)c4cccc(OC(F)F)c43)cn2)C1. The lowest BCUT2D eigenvalue weighted by molar-refractivity contribution is -0.0507. The predicted octanol–water partition coefficient (Wildman–Crippen LogP) is 3.10. The Morgan fingerprint density at radius 1 is 1.16 bits per heavy atom. The molecule has 38 heavy (non-hydrogen) atoms. The van der Waals surface area contributed by atoms with Crippen molar-refractivity contribution in [2.45, 2.75) is 31.2 Å². The molecular formula is C25H22F2N6O4S. The van der Waals surface area contributed by atoms with Gasteiger partial charge in [-0.05, 0) is 36.2 Å². The maximum absolute atomic E-state index is 13.2. The summed E-state index contributed by atoms with van der Waals surface area (Å²) in [7, 11) is -3.21. The molecule has 0 aliphatic carbocycles. The number of nitrogens with one attached hydrogen (secondary N) is 1. The topological polar surface area (TPSA) is 111 Å². The van der Waals surface area contributed by atoms with Gasteiger partial charge in [-0.25, -0.2) is 13.4 Å². The van der Waals surface area contributed by atoms with Gasteiger partial charge in [0.1, 0.15) is 11.6 Å². The van der Waals surface area contributed by atoms with Crippen molar-refractivity contribution in [3.05, 3.63) is 65.7 Å². The van der Waals surface area contributed by atoms with Gasteiger partial charge in [0, 0.05) is 36.0 Å². The molecule has 2 aromatic heterocycles. The van der Waals surface area contributed by atoms with Gasteiger partial charge in [0.2, 0.25) is 10.0 Å². The zero-order valence-electron chi connectivity index (χ0n) is 20.1. The molecule has 2 bridgehead atoms. The third kappa shape index (κ3) is 3.52. The first-order chi connectivity index (χ1) is 18.2. The van der Waals surface area contributed by atoms with E-state index in [1.54, 1.807) is 16.9 Å². The van der Waals surface area contributed by atoms with E-state index >= 15 is 0 Å². The van der Waals surface area contributed by atoms with Crippen molar-refractivity contribution in [1.82, 2.24) is 29.0 Å². The smallest absolute Gasteiger partial charge is 0.387 e. The molecule has 10 nitrogen and oxygen atoms in total. The monoisotopic (exact) mass is 540 g/mol. The van der Waals surface area contributed by atoms with Crippen LogP contribution in [0.2, 0.25) is 0 Å². The molecule has 0 radical (unpaired) electrons. The number of carbonyl (C=O) groups is 1. The van der Waals surface area contributed by atoms with Gasteiger partial charge < -0.3 is 14.6 Å². The summed E-state index contributed by atoms with van der Waals surface area (Å²) >= 11 is 0. The van der Waals surface area contributed by atoms with Gasteiger partial charge in [0.25, 0.3) is 5.91 Å². The Morgan fingerprint density at radius 3 is 2.74 bits per heavy atom. The largest absolute Gasteiger partial charge is 0.434 e. The van der Waals surface area contributed by atoms with Crippen molar-refractivity contribution < 1.29 is 26.7 Å². The molecule has 13 heteroatoms. The fourth-order valence-electron chi connectivity index (χ4n) is 5.73. The number of sulfonamides is 1. The van der Waals surface area contributed by atoms with Crippen LogP contribution in [0.3, 0.4) is 0 Å². The maximum Gasteiger partial charge on any atom is 0.387 e. The van der Waals surface area contributed by atoms with Gasteiger partial charge in [-0.15, -0.1) is 0 Å². The molecule has 2 aromatic carbocycles. The molecule has 4 aromatic rings. The number of rotatable bonds is 5. The zero-order chi connectivity index (χ0) is 26.3. The van der Waals surface area contributed by atoms with E-state index in [2.05, 4.69) is 10.4 Å². The fraction of sp³-hybridized carbons (Fsp3) is 0.320. The van der Waals surface area contributed by atoms with Gasteiger partial charge in [0.15, 0.2) is 0 Å². The number of benzene rings is 2. The van der Waals surface area contributed by atoms with Crippen molar-refractivity contribution in [1.29, 1.82) is 0 Å². The first-order valence-electron chi connectivity index (χ1n) is 12.1. The second-order valence-corrected chi connectivity index (χ2v) is 11.8. The molecule has 1 fully saturated rings. The van der Waals surface area contributed by atoms with Crippen LogP contribution in [0.25, 0.3) is 22.2 Å². The van der Waals surface area contributed by atoms with Crippen LogP contribution >= 0.6 is 0 Å². The lowest BCUT2D eigenvalue weighted by atomic mass is 9.97. The van der Waals surface area contributed by atoms with Gasteiger partial charge in [-0.3, -0.25) is 9.48 Å². The highest BCUT2D eigenvalue weighted by Crippen LogP contribution is 2.47. The normalized spacial score (nSPS) is 21.2. The van der Waals surface area contributed by atoms with E-state index in [4.69, 9.17) is 9.72 Å². The molecule has 3 aliphatic heterocycles. The summed E-state index contributed by atoms with van der Waals surface area (Å²) in [6, 6.07) is 9.59. The predicted molar refractivity (Wildman–Crippen MR) is 132 cm³/mol. The second kappa shape index (κ2) is 8.08. The van der Waals surface area contributed by atoms with E-state index < -0.39 is 22.7 Å². The summed E-state index contributed by atoms with van der Waals surface area (Å²) in [6.07, 6.45) is 5.29. The van der Waals surface area contributed by atoms with Crippen molar-refractivity contribution in [2.24, 2.45) is 0 Å². The standard InChI is InChI=1S/C25H22F2N6O4S/c1-38(35,36)31-11-15(12-31)32-10-14(9-28-32)13-5-6-17-19(7-13)33-20-8-18(23(33)29-17)30-24(34)16-3-2-4-21(22(16)20)37-25(26)27/h2-7,9-10,15,18,20,25H,8,11-12H2,1H3,(H,30,34)/t18-,20?/m1/s1. The minimum atomic E-state index is -3.21. The van der Waals surface area contributed by atoms with Gasteiger partial charge in [0.05, 0.1) is 41.6 Å². The molecule has 1 amide bonds. The maximum atomic E-state index is 13.2. The average molecular weight is 541 g/mol. The molecule has 1 unspecified atom stereocenters. The summed E-state index contributed by atoms with van der Waals surface area (Å²) < 4.78 is 59.9. The summed E-state index contributed by atoms with van der Waals surface area (Å²) in [6.45, 7) is -2.26. The van der Waals surface area contributed by atoms with Crippen molar-refractivity contribution in [3.8, 4) is 16.9 Å². The van der Waals surface area contributed by atoms with Gasteiger partial charge in [-0.1, -0.05) is 12.1 Å². The number of halogens is 2. The fourth-order valence-corrected chi connectivity index (χ4v) is 6.62. The van der Waals surface area contributed by atoms with Crippen molar-refractivity contribution >= 4 is 27.0 Å². The van der Waals surface area contributed by atoms with Crippen LogP contribution in [0.1, 0.15) is 46.3 Å². The lowest BCUT2D eigenvalue weighted by Gasteiger charge is -2.37. The van der Waals surface area contributed by atoms with Crippen molar-refractivity contribution in [3.63, 3.8) is 0 Å². The summed E-state index contributed by atoms with van der Waals surface area (Å²) in [5.41, 5.74) is 3.99. The summed E-state index contributed by atoms with van der Waals surface area (Å²) in [5.74, 6) is 0.303. The van der Waals surface area contributed by atoms with E-state index in [0.29, 0.717) is 36.5 Å².